The fourth-order valence-electron chi connectivity index (χ4n) is 10.0. The average molecular weight is 847 g/mol. The maximum Gasteiger partial charge on any atom is 0.165 e. The molecule has 2 aliphatic rings. The summed E-state index contributed by atoms with van der Waals surface area (Å²) in [5.41, 5.74) is 14.2. The lowest BCUT2D eigenvalue weighted by Gasteiger charge is -2.31. The van der Waals surface area contributed by atoms with Gasteiger partial charge in [0.2, 0.25) is 0 Å². The van der Waals surface area contributed by atoms with Crippen molar-refractivity contribution >= 4 is 16.3 Å². The summed E-state index contributed by atoms with van der Waals surface area (Å²) in [6.07, 6.45) is 16.3. The van der Waals surface area contributed by atoms with Gasteiger partial charge in [-0.25, -0.2) is 15.0 Å². The Balaban J connectivity index is 0.858. The molecule has 0 amide bonds. The van der Waals surface area contributed by atoms with Gasteiger partial charge >= 0.3 is 0 Å². The van der Waals surface area contributed by atoms with Gasteiger partial charge in [-0.1, -0.05) is 193 Å². The fourth-order valence-corrected chi connectivity index (χ4v) is 10.0. The minimum atomic E-state index is -0.274. The summed E-state index contributed by atoms with van der Waals surface area (Å²) in [7, 11) is 0. The lowest BCUT2D eigenvalue weighted by molar-refractivity contribution is 0.395. The Labute approximate surface area is 385 Å². The van der Waals surface area contributed by atoms with Gasteiger partial charge in [0.25, 0.3) is 0 Å². The van der Waals surface area contributed by atoms with Crippen molar-refractivity contribution in [1.82, 2.24) is 19.9 Å². The zero-order valence-corrected chi connectivity index (χ0v) is 38.4. The summed E-state index contributed by atoms with van der Waals surface area (Å²) in [6.45, 7) is 11.3. The highest BCUT2D eigenvalue weighted by molar-refractivity contribution is 5.87. The third-order valence-electron chi connectivity index (χ3n) is 13.8. The van der Waals surface area contributed by atoms with Gasteiger partial charge in [0.1, 0.15) is 5.82 Å². The van der Waals surface area contributed by atoms with E-state index in [1.54, 1.807) is 0 Å². The van der Waals surface area contributed by atoms with E-state index in [0.717, 1.165) is 46.6 Å². The Morgan fingerprint density at radius 1 is 0.523 bits per heavy atom. The first-order chi connectivity index (χ1) is 31.6. The van der Waals surface area contributed by atoms with Crippen LogP contribution in [0, 0.1) is 5.92 Å². The van der Waals surface area contributed by atoms with E-state index in [1.165, 1.54) is 75.4 Å². The van der Waals surface area contributed by atoms with E-state index in [-0.39, 0.29) is 10.8 Å². The summed E-state index contributed by atoms with van der Waals surface area (Å²) in [6, 6.07) is 55.2. The lowest BCUT2D eigenvalue weighted by Crippen LogP contribution is -2.25. The number of hydrogen-bond acceptors (Lipinski definition) is 4. The van der Waals surface area contributed by atoms with Crippen LogP contribution in [0.3, 0.4) is 0 Å². The molecule has 2 aromatic heterocycles. The minimum absolute atomic E-state index is 0.0453. The van der Waals surface area contributed by atoms with Crippen molar-refractivity contribution < 1.29 is 0 Å². The number of nitrogens with zero attached hydrogens (tertiary/aromatic N) is 4. The molecule has 0 saturated carbocycles. The molecule has 0 bridgehead atoms. The average Bonchev–Trinajstić information content (AvgIpc) is 3.57. The molecule has 4 nitrogen and oxygen atoms in total. The second-order valence-corrected chi connectivity index (χ2v) is 19.8. The van der Waals surface area contributed by atoms with Crippen LogP contribution in [-0.4, -0.2) is 19.9 Å². The van der Waals surface area contributed by atoms with Gasteiger partial charge in [0.05, 0.1) is 5.69 Å². The molecule has 0 spiro atoms. The molecule has 2 atom stereocenters. The molecular weight excluding hydrogens is 789 g/mol. The zero-order valence-electron chi connectivity index (χ0n) is 38.4. The molecule has 2 aliphatic carbocycles. The van der Waals surface area contributed by atoms with Crippen LogP contribution in [0.25, 0.3) is 61.4 Å². The van der Waals surface area contributed by atoms with Gasteiger partial charge in [-0.15, -0.1) is 0 Å². The van der Waals surface area contributed by atoms with Crippen molar-refractivity contribution in [3.63, 3.8) is 0 Å². The number of aryl methyl sites for hydroxylation is 2. The Morgan fingerprint density at radius 3 is 1.92 bits per heavy atom. The van der Waals surface area contributed by atoms with E-state index in [4.69, 9.17) is 19.9 Å². The number of fused-ring (bicyclic) bond motifs is 4. The molecule has 0 aliphatic heterocycles. The highest BCUT2D eigenvalue weighted by Gasteiger charge is 2.45. The van der Waals surface area contributed by atoms with E-state index in [9.17, 15) is 0 Å². The van der Waals surface area contributed by atoms with E-state index in [1.807, 2.05) is 6.20 Å². The quantitative estimate of drug-likeness (QED) is 0.115. The second kappa shape index (κ2) is 17.7. The molecule has 6 aromatic carbocycles. The van der Waals surface area contributed by atoms with Crippen LogP contribution in [0.4, 0.5) is 0 Å². The standard InChI is InChI=1S/C61H58N4/c1-60(2,3)59-64-57(50-26-16-25-46(37-50)44-24-15-21-42(35-44)20-10-7-6-9-17-41-18-11-8-12-19-41)63-58(65-59)51-31-34-56(62-40-51)49-30-33-53-52-32-29-48(38-54(52)61(4,5)55(53)39-49)47-28-27-43-22-13-14-23-45(43)36-47/h8,11-16,18-19,21-40,53,55H,6-7,9-10,17,20H2,1-5H3. The largest absolute Gasteiger partial charge is 0.256 e. The predicted octanol–water partition coefficient (Wildman–Crippen LogP) is 15.4. The van der Waals surface area contributed by atoms with Gasteiger partial charge in [-0.3, -0.25) is 4.98 Å². The second-order valence-electron chi connectivity index (χ2n) is 19.8. The van der Waals surface area contributed by atoms with Crippen molar-refractivity contribution in [3.05, 3.63) is 210 Å². The number of aromatic nitrogens is 4. The highest BCUT2D eigenvalue weighted by atomic mass is 15.0. The van der Waals surface area contributed by atoms with Crippen LogP contribution in [0.15, 0.2) is 176 Å². The number of rotatable bonds is 12. The van der Waals surface area contributed by atoms with Crippen LogP contribution >= 0.6 is 0 Å². The van der Waals surface area contributed by atoms with Crippen LogP contribution < -0.4 is 0 Å². The third-order valence-corrected chi connectivity index (χ3v) is 13.8. The van der Waals surface area contributed by atoms with Crippen LogP contribution in [-0.2, 0) is 23.7 Å². The molecule has 2 heterocycles. The highest BCUT2D eigenvalue weighted by Crippen LogP contribution is 2.55. The van der Waals surface area contributed by atoms with Crippen molar-refractivity contribution in [1.29, 1.82) is 0 Å². The molecule has 0 fully saturated rings. The van der Waals surface area contributed by atoms with E-state index in [2.05, 4.69) is 205 Å². The Kier molecular flexibility index (Phi) is 11.5. The Hall–Kier alpha value is -6.78. The summed E-state index contributed by atoms with van der Waals surface area (Å²) < 4.78 is 0. The van der Waals surface area contributed by atoms with Crippen molar-refractivity contribution in [3.8, 4) is 45.0 Å². The minimum Gasteiger partial charge on any atom is -0.256 e. The monoisotopic (exact) mass is 846 g/mol. The van der Waals surface area contributed by atoms with Gasteiger partial charge in [0, 0.05) is 28.7 Å². The van der Waals surface area contributed by atoms with Gasteiger partial charge < -0.3 is 0 Å². The third kappa shape index (κ3) is 8.87. The van der Waals surface area contributed by atoms with E-state index < -0.39 is 0 Å². The van der Waals surface area contributed by atoms with Gasteiger partial charge in [-0.2, -0.15) is 0 Å². The Bertz CT molecular complexity index is 3060. The van der Waals surface area contributed by atoms with Crippen molar-refractivity contribution in [2.45, 2.75) is 89.9 Å². The lowest BCUT2D eigenvalue weighted by atomic mass is 9.73. The molecule has 0 N–H and O–H groups in total. The molecule has 2 unspecified atom stereocenters. The molecule has 4 heteroatoms. The van der Waals surface area contributed by atoms with Crippen LogP contribution in [0.1, 0.15) is 100.0 Å². The normalized spacial score (nSPS) is 16.3. The molecule has 0 saturated heterocycles. The van der Waals surface area contributed by atoms with E-state index in [0.29, 0.717) is 23.5 Å². The van der Waals surface area contributed by atoms with E-state index >= 15 is 0 Å². The van der Waals surface area contributed by atoms with Crippen LogP contribution in [0.5, 0.6) is 0 Å². The smallest absolute Gasteiger partial charge is 0.165 e. The number of hydrogen-bond donors (Lipinski definition) is 0. The maximum absolute atomic E-state index is 5.10. The summed E-state index contributed by atoms with van der Waals surface area (Å²) >= 11 is 0. The summed E-state index contributed by atoms with van der Waals surface area (Å²) in [4.78, 5) is 20.3. The molecular formula is C61H58N4. The number of unbranched alkanes of at least 4 members (excludes halogenated alkanes) is 3. The first-order valence-corrected chi connectivity index (χ1v) is 23.6. The number of pyridine rings is 1. The number of benzene rings is 6. The molecule has 0 radical (unpaired) electrons. The summed E-state index contributed by atoms with van der Waals surface area (Å²) in [5, 5.41) is 2.54. The first kappa shape index (κ1) is 42.2. The summed E-state index contributed by atoms with van der Waals surface area (Å²) in [5.74, 6) is 2.73. The molecule has 65 heavy (non-hydrogen) atoms. The van der Waals surface area contributed by atoms with Gasteiger partial charge in [0.15, 0.2) is 11.6 Å². The fraction of sp³-hybridized carbons (Fsp3) is 0.246. The molecule has 8 aromatic rings. The molecule has 10 rings (SSSR count). The Morgan fingerprint density at radius 2 is 1.15 bits per heavy atom. The van der Waals surface area contributed by atoms with Gasteiger partial charge in [-0.05, 0) is 122 Å². The van der Waals surface area contributed by atoms with Crippen molar-refractivity contribution in [2.24, 2.45) is 5.92 Å². The maximum atomic E-state index is 5.10. The van der Waals surface area contributed by atoms with Crippen molar-refractivity contribution in [2.75, 3.05) is 0 Å². The number of allylic oxidation sites excluding steroid dienone is 4. The van der Waals surface area contributed by atoms with Crippen LogP contribution in [0.2, 0.25) is 0 Å². The predicted molar refractivity (Wildman–Crippen MR) is 271 cm³/mol. The first-order valence-electron chi connectivity index (χ1n) is 23.6. The zero-order chi connectivity index (χ0) is 44.5. The molecule has 322 valence electrons. The SMILES string of the molecule is CC(C)(C)c1nc(-c2ccc(C3=CC4C(C=C3)c3ccc(-c5ccc6ccccc6c5)cc3C4(C)C)nc2)nc(-c2cccc(-c3cccc(CCCCCCc4ccccc4)c3)c2)n1. The topological polar surface area (TPSA) is 51.6 Å².